The molecular formula is C14H15ClN2O2S2. The number of thiophene rings is 1. The lowest BCUT2D eigenvalue weighted by Gasteiger charge is -2.06. The van der Waals surface area contributed by atoms with Crippen LogP contribution in [0.2, 0.25) is 5.02 Å². The van der Waals surface area contributed by atoms with Crippen molar-refractivity contribution in [3.63, 3.8) is 0 Å². The van der Waals surface area contributed by atoms with Gasteiger partial charge in [-0.05, 0) is 37.1 Å². The van der Waals surface area contributed by atoms with E-state index < -0.39 is 10.0 Å². The van der Waals surface area contributed by atoms with Crippen LogP contribution in [-0.4, -0.2) is 14.5 Å². The third-order valence-corrected chi connectivity index (χ3v) is 5.84. The number of anilines is 1. The summed E-state index contributed by atoms with van der Waals surface area (Å²) in [6.07, 6.45) is 2.43. The summed E-state index contributed by atoms with van der Waals surface area (Å²) >= 11 is 7.31. The number of hydrogen-bond donors (Lipinski definition) is 2. The molecule has 112 valence electrons. The Kier molecular flexibility index (Phi) is 4.21. The summed E-state index contributed by atoms with van der Waals surface area (Å²) in [4.78, 5) is 1.31. The van der Waals surface area contributed by atoms with Crippen LogP contribution in [0.1, 0.15) is 17.7 Å². The zero-order valence-corrected chi connectivity index (χ0v) is 13.6. The third kappa shape index (κ3) is 3.97. The largest absolute Gasteiger partial charge is 0.309 e. The summed E-state index contributed by atoms with van der Waals surface area (Å²) in [5.74, 6) is 0. The second-order valence-corrected chi connectivity index (χ2v) is 8.13. The van der Waals surface area contributed by atoms with Crippen LogP contribution in [0.25, 0.3) is 0 Å². The Morgan fingerprint density at radius 3 is 2.81 bits per heavy atom. The Hall–Kier alpha value is -1.08. The van der Waals surface area contributed by atoms with Gasteiger partial charge in [0, 0.05) is 27.9 Å². The van der Waals surface area contributed by atoms with E-state index in [0.717, 1.165) is 11.4 Å². The summed E-state index contributed by atoms with van der Waals surface area (Å²) in [5, 5.41) is 5.53. The van der Waals surface area contributed by atoms with Crippen molar-refractivity contribution >= 4 is 38.6 Å². The van der Waals surface area contributed by atoms with Gasteiger partial charge in [0.05, 0.1) is 10.6 Å². The average molecular weight is 343 g/mol. The number of halogens is 1. The first-order valence-corrected chi connectivity index (χ1v) is 9.36. The van der Waals surface area contributed by atoms with Gasteiger partial charge in [-0.25, -0.2) is 8.42 Å². The Bertz CT molecular complexity index is 739. The molecule has 1 aromatic heterocycles. The van der Waals surface area contributed by atoms with E-state index >= 15 is 0 Å². The highest BCUT2D eigenvalue weighted by Gasteiger charge is 2.21. The number of rotatable bonds is 6. The van der Waals surface area contributed by atoms with Crippen LogP contribution in [0.4, 0.5) is 5.69 Å². The van der Waals surface area contributed by atoms with E-state index in [1.165, 1.54) is 24.2 Å². The fraction of sp³-hybridized carbons (Fsp3) is 0.286. The molecule has 0 bridgehead atoms. The quantitative estimate of drug-likeness (QED) is 0.845. The first-order valence-electron chi connectivity index (χ1n) is 6.62. The van der Waals surface area contributed by atoms with E-state index in [1.807, 2.05) is 0 Å². The minimum Gasteiger partial charge on any atom is -0.309 e. The average Bonchev–Trinajstić information content (AvgIpc) is 3.12. The lowest BCUT2D eigenvalue weighted by atomic mass is 10.3. The molecule has 21 heavy (non-hydrogen) atoms. The minimum atomic E-state index is -3.56. The molecule has 0 amide bonds. The van der Waals surface area contributed by atoms with Crippen LogP contribution >= 0.6 is 22.9 Å². The molecule has 0 unspecified atom stereocenters. The van der Waals surface area contributed by atoms with E-state index in [1.54, 1.807) is 35.7 Å². The van der Waals surface area contributed by atoms with Crippen molar-refractivity contribution in [1.82, 2.24) is 5.32 Å². The summed E-state index contributed by atoms with van der Waals surface area (Å²) < 4.78 is 27.2. The second-order valence-electron chi connectivity index (χ2n) is 5.02. The molecule has 1 aliphatic carbocycles. The van der Waals surface area contributed by atoms with Crippen molar-refractivity contribution in [2.45, 2.75) is 30.3 Å². The normalized spacial score (nSPS) is 15.1. The standard InChI is InChI=1S/C14H15ClN2O2S2/c15-10-2-1-3-12(6-10)17-21(18,19)14-7-13(20-9-14)8-16-11-4-5-11/h1-3,6-7,9,11,16-17H,4-5,8H2. The molecule has 2 N–H and O–H groups in total. The van der Waals surface area contributed by atoms with Gasteiger partial charge in [0.15, 0.2) is 0 Å². The second kappa shape index (κ2) is 5.96. The van der Waals surface area contributed by atoms with Gasteiger partial charge < -0.3 is 5.32 Å². The molecule has 2 aromatic rings. The van der Waals surface area contributed by atoms with Gasteiger partial charge in [0.2, 0.25) is 0 Å². The lowest BCUT2D eigenvalue weighted by molar-refractivity contribution is 0.601. The molecule has 0 radical (unpaired) electrons. The SMILES string of the molecule is O=S(=O)(Nc1cccc(Cl)c1)c1csc(CNC2CC2)c1. The molecule has 4 nitrogen and oxygen atoms in total. The smallest absolute Gasteiger partial charge is 0.262 e. The van der Waals surface area contributed by atoms with Crippen molar-refractivity contribution in [2.75, 3.05) is 4.72 Å². The molecule has 7 heteroatoms. The zero-order valence-electron chi connectivity index (χ0n) is 11.2. The number of benzene rings is 1. The van der Waals surface area contributed by atoms with Crippen molar-refractivity contribution in [3.8, 4) is 0 Å². The van der Waals surface area contributed by atoms with Gasteiger partial charge in [-0.2, -0.15) is 0 Å². The van der Waals surface area contributed by atoms with Gasteiger partial charge in [0.25, 0.3) is 10.0 Å². The highest BCUT2D eigenvalue weighted by atomic mass is 35.5. The van der Waals surface area contributed by atoms with Crippen molar-refractivity contribution in [3.05, 3.63) is 45.6 Å². The fourth-order valence-corrected chi connectivity index (χ4v) is 4.36. The number of sulfonamides is 1. The summed E-state index contributed by atoms with van der Waals surface area (Å²) in [6, 6.07) is 8.99. The molecule has 1 aromatic carbocycles. The van der Waals surface area contributed by atoms with Crippen LogP contribution in [0.5, 0.6) is 0 Å². The Morgan fingerprint density at radius 2 is 2.10 bits per heavy atom. The summed E-state index contributed by atoms with van der Waals surface area (Å²) in [6.45, 7) is 0.724. The van der Waals surface area contributed by atoms with Gasteiger partial charge in [-0.15, -0.1) is 11.3 Å². The molecule has 1 fully saturated rings. The van der Waals surface area contributed by atoms with Gasteiger partial charge in [-0.1, -0.05) is 17.7 Å². The maximum Gasteiger partial charge on any atom is 0.262 e. The van der Waals surface area contributed by atoms with E-state index in [0.29, 0.717) is 21.6 Å². The lowest BCUT2D eigenvalue weighted by Crippen LogP contribution is -2.14. The van der Waals surface area contributed by atoms with Gasteiger partial charge in [0.1, 0.15) is 0 Å². The van der Waals surface area contributed by atoms with E-state index in [-0.39, 0.29) is 0 Å². The topological polar surface area (TPSA) is 58.2 Å². The highest BCUT2D eigenvalue weighted by molar-refractivity contribution is 7.92. The number of hydrogen-bond acceptors (Lipinski definition) is 4. The van der Waals surface area contributed by atoms with Crippen molar-refractivity contribution in [2.24, 2.45) is 0 Å². The zero-order chi connectivity index (χ0) is 14.9. The summed E-state index contributed by atoms with van der Waals surface area (Å²) in [7, 11) is -3.56. The highest BCUT2D eigenvalue weighted by Crippen LogP contribution is 2.25. The van der Waals surface area contributed by atoms with E-state index in [9.17, 15) is 8.42 Å². The molecular weight excluding hydrogens is 328 g/mol. The molecule has 0 spiro atoms. The molecule has 0 atom stereocenters. The van der Waals surface area contributed by atoms with Crippen molar-refractivity contribution < 1.29 is 8.42 Å². The van der Waals surface area contributed by atoms with Crippen LogP contribution < -0.4 is 10.0 Å². The van der Waals surface area contributed by atoms with Gasteiger partial charge >= 0.3 is 0 Å². The Labute approximate surface area is 133 Å². The third-order valence-electron chi connectivity index (χ3n) is 3.16. The predicted octanol–water partition coefficient (Wildman–Crippen LogP) is 3.45. The predicted molar refractivity (Wildman–Crippen MR) is 86.4 cm³/mol. The molecule has 3 rings (SSSR count). The molecule has 0 saturated heterocycles. The fourth-order valence-electron chi connectivity index (χ4n) is 1.89. The van der Waals surface area contributed by atoms with E-state index in [2.05, 4.69) is 10.0 Å². The Balaban J connectivity index is 1.71. The van der Waals surface area contributed by atoms with Gasteiger partial charge in [-0.3, -0.25) is 4.72 Å². The van der Waals surface area contributed by atoms with Crippen LogP contribution in [0.15, 0.2) is 40.6 Å². The first kappa shape index (κ1) is 14.8. The monoisotopic (exact) mass is 342 g/mol. The first-order chi connectivity index (χ1) is 10.0. The minimum absolute atomic E-state index is 0.292. The molecule has 0 aliphatic heterocycles. The van der Waals surface area contributed by atoms with Crippen molar-refractivity contribution in [1.29, 1.82) is 0 Å². The van der Waals surface area contributed by atoms with Crippen LogP contribution in [0, 0.1) is 0 Å². The van der Waals surface area contributed by atoms with Crippen LogP contribution in [-0.2, 0) is 16.6 Å². The maximum atomic E-state index is 12.3. The molecule has 1 saturated carbocycles. The van der Waals surface area contributed by atoms with E-state index in [4.69, 9.17) is 11.6 Å². The Morgan fingerprint density at radius 1 is 1.29 bits per heavy atom. The molecule has 1 aliphatic rings. The van der Waals surface area contributed by atoms with Crippen LogP contribution in [0.3, 0.4) is 0 Å². The number of nitrogens with one attached hydrogen (secondary N) is 2. The molecule has 1 heterocycles. The summed E-state index contributed by atoms with van der Waals surface area (Å²) in [5.41, 5.74) is 0.464. The maximum absolute atomic E-state index is 12.3.